The standard InChI is InChI=1S/C15H22N4S/c1-4-12-10(3)20-15(18-12)14(17-11-6-7-11)13-8-16-9-19(13)5-2/h8-9,11,14,17H,4-7H2,1-3H3. The van der Waals surface area contributed by atoms with Crippen molar-refractivity contribution < 1.29 is 0 Å². The molecule has 5 heteroatoms. The van der Waals surface area contributed by atoms with E-state index in [1.165, 1.54) is 34.1 Å². The maximum Gasteiger partial charge on any atom is 0.116 e. The summed E-state index contributed by atoms with van der Waals surface area (Å²) in [6.07, 6.45) is 7.46. The Balaban J connectivity index is 1.96. The maximum absolute atomic E-state index is 4.86. The zero-order valence-corrected chi connectivity index (χ0v) is 13.2. The highest BCUT2D eigenvalue weighted by molar-refractivity contribution is 7.11. The largest absolute Gasteiger partial charge is 0.333 e. The van der Waals surface area contributed by atoms with Crippen LogP contribution in [0.25, 0.3) is 0 Å². The topological polar surface area (TPSA) is 42.7 Å². The van der Waals surface area contributed by atoms with Gasteiger partial charge in [0.1, 0.15) is 11.0 Å². The van der Waals surface area contributed by atoms with Gasteiger partial charge in [0.25, 0.3) is 0 Å². The van der Waals surface area contributed by atoms with Crippen LogP contribution >= 0.6 is 11.3 Å². The summed E-state index contributed by atoms with van der Waals surface area (Å²) >= 11 is 1.82. The first-order valence-corrected chi connectivity index (χ1v) is 8.26. The van der Waals surface area contributed by atoms with Crippen molar-refractivity contribution in [3.8, 4) is 0 Å². The third kappa shape index (κ3) is 2.65. The summed E-state index contributed by atoms with van der Waals surface area (Å²) in [7, 11) is 0. The highest BCUT2D eigenvalue weighted by atomic mass is 32.1. The van der Waals surface area contributed by atoms with E-state index in [2.05, 4.69) is 35.6 Å². The number of thiazole rings is 1. The summed E-state index contributed by atoms with van der Waals surface area (Å²) in [6.45, 7) is 7.45. The predicted molar refractivity (Wildman–Crippen MR) is 82.1 cm³/mol. The monoisotopic (exact) mass is 290 g/mol. The SMILES string of the molecule is CCc1nc(C(NC2CC2)c2cncn2CC)sc1C. The number of aryl methyl sites for hydroxylation is 3. The van der Waals surface area contributed by atoms with Gasteiger partial charge in [-0.05, 0) is 33.1 Å². The molecule has 0 radical (unpaired) electrons. The molecule has 2 aromatic heterocycles. The lowest BCUT2D eigenvalue weighted by atomic mass is 10.2. The Bertz CT molecular complexity index is 582. The van der Waals surface area contributed by atoms with Gasteiger partial charge in [-0.3, -0.25) is 0 Å². The Kier molecular flexibility index (Phi) is 3.89. The predicted octanol–water partition coefficient (Wildman–Crippen LogP) is 3.07. The normalized spacial score (nSPS) is 16.6. The average Bonchev–Trinajstić information content (AvgIpc) is 3.01. The van der Waals surface area contributed by atoms with Gasteiger partial charge in [-0.15, -0.1) is 11.3 Å². The molecule has 0 saturated heterocycles. The lowest BCUT2D eigenvalue weighted by Gasteiger charge is -2.17. The van der Waals surface area contributed by atoms with Crippen LogP contribution in [0.1, 0.15) is 54.0 Å². The number of hydrogen-bond donors (Lipinski definition) is 1. The lowest BCUT2D eigenvalue weighted by molar-refractivity contribution is 0.552. The molecule has 1 aliphatic carbocycles. The maximum atomic E-state index is 4.86. The van der Waals surface area contributed by atoms with Crippen LogP contribution in [0.15, 0.2) is 12.5 Å². The molecule has 0 aromatic carbocycles. The highest BCUT2D eigenvalue weighted by Gasteiger charge is 2.30. The molecular weight excluding hydrogens is 268 g/mol. The van der Waals surface area contributed by atoms with Crippen LogP contribution in [0.4, 0.5) is 0 Å². The van der Waals surface area contributed by atoms with Crippen molar-refractivity contribution in [3.05, 3.63) is 33.8 Å². The van der Waals surface area contributed by atoms with Crippen molar-refractivity contribution in [3.63, 3.8) is 0 Å². The molecule has 4 nitrogen and oxygen atoms in total. The van der Waals surface area contributed by atoms with Crippen molar-refractivity contribution in [2.75, 3.05) is 0 Å². The molecule has 2 aromatic rings. The summed E-state index contributed by atoms with van der Waals surface area (Å²) in [6, 6.07) is 0.837. The highest BCUT2D eigenvalue weighted by Crippen LogP contribution is 2.32. The minimum Gasteiger partial charge on any atom is -0.333 e. The van der Waals surface area contributed by atoms with Gasteiger partial charge in [0.2, 0.25) is 0 Å². The van der Waals surface area contributed by atoms with E-state index in [9.17, 15) is 0 Å². The van der Waals surface area contributed by atoms with Crippen molar-refractivity contribution in [2.45, 2.75) is 58.7 Å². The first kappa shape index (κ1) is 13.8. The van der Waals surface area contributed by atoms with Gasteiger partial charge in [-0.1, -0.05) is 6.92 Å². The van der Waals surface area contributed by atoms with Gasteiger partial charge in [-0.25, -0.2) is 9.97 Å². The number of hydrogen-bond acceptors (Lipinski definition) is 4. The Morgan fingerprint density at radius 1 is 1.45 bits per heavy atom. The first-order chi connectivity index (χ1) is 9.72. The Hall–Kier alpha value is -1.20. The fraction of sp³-hybridized carbons (Fsp3) is 0.600. The minimum absolute atomic E-state index is 0.189. The summed E-state index contributed by atoms with van der Waals surface area (Å²) in [4.78, 5) is 10.5. The molecule has 2 heterocycles. The van der Waals surface area contributed by atoms with E-state index >= 15 is 0 Å². The second-order valence-electron chi connectivity index (χ2n) is 5.39. The Morgan fingerprint density at radius 2 is 2.25 bits per heavy atom. The summed E-state index contributed by atoms with van der Waals surface area (Å²) in [5, 5.41) is 4.92. The van der Waals surface area contributed by atoms with E-state index in [0.29, 0.717) is 6.04 Å². The van der Waals surface area contributed by atoms with Crippen molar-refractivity contribution in [1.29, 1.82) is 0 Å². The zero-order valence-electron chi connectivity index (χ0n) is 12.4. The molecule has 1 atom stereocenters. The second kappa shape index (κ2) is 5.66. The molecule has 1 fully saturated rings. The number of rotatable bonds is 6. The zero-order chi connectivity index (χ0) is 14.1. The van der Waals surface area contributed by atoms with Crippen molar-refractivity contribution >= 4 is 11.3 Å². The number of nitrogens with zero attached hydrogens (tertiary/aromatic N) is 3. The number of imidazole rings is 1. The van der Waals surface area contributed by atoms with E-state index < -0.39 is 0 Å². The average molecular weight is 290 g/mol. The Labute approximate surface area is 124 Å². The first-order valence-electron chi connectivity index (χ1n) is 7.45. The van der Waals surface area contributed by atoms with Gasteiger partial charge in [0, 0.05) is 17.5 Å². The van der Waals surface area contributed by atoms with E-state index in [4.69, 9.17) is 4.98 Å². The smallest absolute Gasteiger partial charge is 0.116 e. The minimum atomic E-state index is 0.189. The summed E-state index contributed by atoms with van der Waals surface area (Å²) in [5.41, 5.74) is 2.46. The van der Waals surface area contributed by atoms with Crippen LogP contribution < -0.4 is 5.32 Å². The molecule has 108 valence electrons. The van der Waals surface area contributed by atoms with E-state index in [0.717, 1.165) is 13.0 Å². The quantitative estimate of drug-likeness (QED) is 0.889. The molecule has 1 saturated carbocycles. The molecule has 0 bridgehead atoms. The molecule has 3 rings (SSSR count). The van der Waals surface area contributed by atoms with Crippen molar-refractivity contribution in [1.82, 2.24) is 19.9 Å². The summed E-state index contributed by atoms with van der Waals surface area (Å²) in [5.74, 6) is 0. The molecule has 20 heavy (non-hydrogen) atoms. The molecule has 1 unspecified atom stereocenters. The molecule has 1 N–H and O–H groups in total. The van der Waals surface area contributed by atoms with Gasteiger partial charge in [0.05, 0.1) is 23.9 Å². The molecule has 1 aliphatic rings. The van der Waals surface area contributed by atoms with Gasteiger partial charge >= 0.3 is 0 Å². The van der Waals surface area contributed by atoms with Gasteiger partial charge in [0.15, 0.2) is 0 Å². The fourth-order valence-electron chi connectivity index (χ4n) is 2.51. The van der Waals surface area contributed by atoms with Crippen LogP contribution in [-0.2, 0) is 13.0 Å². The Morgan fingerprint density at radius 3 is 2.85 bits per heavy atom. The van der Waals surface area contributed by atoms with Crippen molar-refractivity contribution in [2.24, 2.45) is 0 Å². The second-order valence-corrected chi connectivity index (χ2v) is 6.62. The fourth-order valence-corrected chi connectivity index (χ4v) is 3.59. The van der Waals surface area contributed by atoms with Crippen LogP contribution in [0.5, 0.6) is 0 Å². The number of aromatic nitrogens is 3. The van der Waals surface area contributed by atoms with Gasteiger partial charge < -0.3 is 9.88 Å². The third-order valence-corrected chi connectivity index (χ3v) is 4.93. The van der Waals surface area contributed by atoms with E-state index in [1.54, 1.807) is 0 Å². The van der Waals surface area contributed by atoms with Crippen LogP contribution in [-0.4, -0.2) is 20.6 Å². The molecule has 0 aliphatic heterocycles. The molecule has 0 amide bonds. The number of nitrogens with one attached hydrogen (secondary N) is 1. The van der Waals surface area contributed by atoms with E-state index in [-0.39, 0.29) is 6.04 Å². The molecule has 0 spiro atoms. The van der Waals surface area contributed by atoms with E-state index in [1.807, 2.05) is 23.9 Å². The lowest BCUT2D eigenvalue weighted by Crippen LogP contribution is -2.26. The van der Waals surface area contributed by atoms with Gasteiger partial charge in [-0.2, -0.15) is 0 Å². The van der Waals surface area contributed by atoms with Crippen LogP contribution in [0.2, 0.25) is 0 Å². The third-order valence-electron chi connectivity index (χ3n) is 3.85. The summed E-state index contributed by atoms with van der Waals surface area (Å²) < 4.78 is 2.21. The molecular formula is C15H22N4S. The van der Waals surface area contributed by atoms with Crippen LogP contribution in [0.3, 0.4) is 0 Å². The van der Waals surface area contributed by atoms with Crippen LogP contribution in [0, 0.1) is 6.92 Å².